The van der Waals surface area contributed by atoms with E-state index < -0.39 is 0 Å². The van der Waals surface area contributed by atoms with E-state index in [0.29, 0.717) is 5.41 Å². The van der Waals surface area contributed by atoms with Crippen molar-refractivity contribution < 1.29 is 0 Å². The molecule has 1 aromatic heterocycles. The number of thiophene rings is 1. The average Bonchev–Trinajstić information content (AvgIpc) is 2.82. The van der Waals surface area contributed by atoms with Crippen molar-refractivity contribution in [1.29, 1.82) is 0 Å². The lowest BCUT2D eigenvalue weighted by Crippen LogP contribution is -2.58. The molecule has 3 rings (SSSR count). The Balaban J connectivity index is 1.74. The van der Waals surface area contributed by atoms with Crippen LogP contribution in [-0.4, -0.2) is 13.1 Å². The van der Waals surface area contributed by atoms with Crippen molar-refractivity contribution in [3.8, 4) is 0 Å². The van der Waals surface area contributed by atoms with Gasteiger partial charge in [-0.3, -0.25) is 0 Å². The van der Waals surface area contributed by atoms with Crippen LogP contribution in [0.25, 0.3) is 0 Å². The van der Waals surface area contributed by atoms with Crippen molar-refractivity contribution in [1.82, 2.24) is 5.32 Å². The number of rotatable bonds is 3. The molecule has 3 heteroatoms. The van der Waals surface area contributed by atoms with Crippen LogP contribution in [0.4, 0.5) is 0 Å². The predicted molar refractivity (Wildman–Crippen MR) is 73.0 cm³/mol. The van der Waals surface area contributed by atoms with Gasteiger partial charge in [0.2, 0.25) is 0 Å². The zero-order chi connectivity index (χ0) is 11.0. The first-order valence-corrected chi connectivity index (χ1v) is 7.89. The number of nitrogens with one attached hydrogen (secondary N) is 1. The van der Waals surface area contributed by atoms with E-state index in [4.69, 9.17) is 0 Å². The Hall–Kier alpha value is 0.140. The maximum atomic E-state index is 3.56. The van der Waals surface area contributed by atoms with E-state index in [1.807, 2.05) is 11.3 Å². The van der Waals surface area contributed by atoms with Crippen molar-refractivity contribution in [3.63, 3.8) is 0 Å². The zero-order valence-corrected chi connectivity index (χ0v) is 11.9. The van der Waals surface area contributed by atoms with Gasteiger partial charge in [0, 0.05) is 33.2 Å². The summed E-state index contributed by atoms with van der Waals surface area (Å²) in [4.78, 5) is 1.56. The second-order valence-corrected chi connectivity index (χ2v) is 7.27. The highest BCUT2D eigenvalue weighted by atomic mass is 79.9. The molecule has 0 atom stereocenters. The number of hydrogen-bond acceptors (Lipinski definition) is 2. The zero-order valence-electron chi connectivity index (χ0n) is 9.47. The quantitative estimate of drug-likeness (QED) is 0.894. The van der Waals surface area contributed by atoms with Crippen LogP contribution in [0.15, 0.2) is 15.9 Å². The van der Waals surface area contributed by atoms with Crippen LogP contribution in [0.3, 0.4) is 0 Å². The Morgan fingerprint density at radius 1 is 1.38 bits per heavy atom. The van der Waals surface area contributed by atoms with Crippen molar-refractivity contribution in [2.24, 2.45) is 11.3 Å². The second-order valence-electron chi connectivity index (χ2n) is 5.36. The van der Waals surface area contributed by atoms with Gasteiger partial charge in [0.1, 0.15) is 0 Å². The van der Waals surface area contributed by atoms with E-state index in [1.54, 1.807) is 4.88 Å². The summed E-state index contributed by atoms with van der Waals surface area (Å²) < 4.78 is 1.25. The molecular formula is C13H18BrNS. The van der Waals surface area contributed by atoms with Gasteiger partial charge in [0.05, 0.1) is 0 Å². The molecule has 0 radical (unpaired) electrons. The molecule has 2 aliphatic rings. The molecule has 16 heavy (non-hydrogen) atoms. The molecule has 1 saturated heterocycles. The minimum absolute atomic E-state index is 0.598. The van der Waals surface area contributed by atoms with Crippen molar-refractivity contribution in [3.05, 3.63) is 20.8 Å². The van der Waals surface area contributed by atoms with E-state index in [1.165, 1.54) is 49.7 Å². The highest BCUT2D eigenvalue weighted by Crippen LogP contribution is 2.45. The van der Waals surface area contributed by atoms with Crippen molar-refractivity contribution in [2.75, 3.05) is 13.1 Å². The highest BCUT2D eigenvalue weighted by Gasteiger charge is 2.44. The van der Waals surface area contributed by atoms with Gasteiger partial charge < -0.3 is 5.32 Å². The third-order valence-electron chi connectivity index (χ3n) is 4.32. The molecular weight excluding hydrogens is 282 g/mol. The Kier molecular flexibility index (Phi) is 3.11. The van der Waals surface area contributed by atoms with E-state index >= 15 is 0 Å². The molecule has 88 valence electrons. The van der Waals surface area contributed by atoms with Crippen LogP contribution in [0.2, 0.25) is 0 Å². The molecule has 1 nitrogen and oxygen atoms in total. The fourth-order valence-corrected chi connectivity index (χ4v) is 4.94. The fraction of sp³-hybridized carbons (Fsp3) is 0.692. The lowest BCUT2D eigenvalue weighted by molar-refractivity contribution is 0.0822. The maximum Gasteiger partial charge on any atom is 0.0285 e. The SMILES string of the molecule is Brc1csc(CC2(C3CCCC3)CNC2)c1. The molecule has 1 saturated carbocycles. The van der Waals surface area contributed by atoms with Gasteiger partial charge in [-0.25, -0.2) is 0 Å². The van der Waals surface area contributed by atoms with Crippen LogP contribution in [-0.2, 0) is 6.42 Å². The largest absolute Gasteiger partial charge is 0.315 e. The van der Waals surface area contributed by atoms with Gasteiger partial charge >= 0.3 is 0 Å². The molecule has 1 aliphatic carbocycles. The molecule has 1 aliphatic heterocycles. The Morgan fingerprint density at radius 3 is 2.62 bits per heavy atom. The van der Waals surface area contributed by atoms with Crippen LogP contribution < -0.4 is 5.32 Å². The summed E-state index contributed by atoms with van der Waals surface area (Å²) in [5.41, 5.74) is 0.598. The van der Waals surface area contributed by atoms with Gasteiger partial charge in [0.15, 0.2) is 0 Å². The average molecular weight is 300 g/mol. The first kappa shape index (κ1) is 11.2. The Morgan fingerprint density at radius 2 is 2.12 bits per heavy atom. The monoisotopic (exact) mass is 299 g/mol. The Labute approximate surface area is 110 Å². The highest BCUT2D eigenvalue weighted by molar-refractivity contribution is 9.10. The van der Waals surface area contributed by atoms with Gasteiger partial charge in [-0.1, -0.05) is 12.8 Å². The summed E-state index contributed by atoms with van der Waals surface area (Å²) in [6.45, 7) is 2.49. The summed E-state index contributed by atoms with van der Waals surface area (Å²) >= 11 is 5.47. The predicted octanol–water partition coefficient (Wildman–Crippen LogP) is 3.83. The maximum absolute atomic E-state index is 3.56. The minimum Gasteiger partial charge on any atom is -0.315 e. The molecule has 1 N–H and O–H groups in total. The third-order valence-corrected chi connectivity index (χ3v) is 6.02. The Bertz CT molecular complexity index is 364. The van der Waals surface area contributed by atoms with Crippen LogP contribution in [0.1, 0.15) is 30.6 Å². The van der Waals surface area contributed by atoms with Crippen LogP contribution in [0, 0.1) is 11.3 Å². The summed E-state index contributed by atoms with van der Waals surface area (Å²) in [6.07, 6.45) is 7.14. The smallest absolute Gasteiger partial charge is 0.0285 e. The van der Waals surface area contributed by atoms with Crippen LogP contribution >= 0.6 is 27.3 Å². The van der Waals surface area contributed by atoms with Gasteiger partial charge in [-0.2, -0.15) is 0 Å². The van der Waals surface area contributed by atoms with Gasteiger partial charge in [-0.15, -0.1) is 11.3 Å². The number of hydrogen-bond donors (Lipinski definition) is 1. The van der Waals surface area contributed by atoms with Crippen molar-refractivity contribution in [2.45, 2.75) is 32.1 Å². The molecule has 2 fully saturated rings. The molecule has 0 aromatic carbocycles. The summed E-state index contributed by atoms with van der Waals surface area (Å²) in [7, 11) is 0. The third kappa shape index (κ3) is 1.98. The van der Waals surface area contributed by atoms with Gasteiger partial charge in [-0.05, 0) is 47.2 Å². The van der Waals surface area contributed by atoms with Crippen molar-refractivity contribution >= 4 is 27.3 Å². The summed E-state index contributed by atoms with van der Waals surface area (Å²) in [6, 6.07) is 2.31. The first-order chi connectivity index (χ1) is 7.78. The molecule has 1 aromatic rings. The minimum atomic E-state index is 0.598. The molecule has 0 unspecified atom stereocenters. The van der Waals surface area contributed by atoms with E-state index in [2.05, 4.69) is 32.7 Å². The molecule has 0 amide bonds. The van der Waals surface area contributed by atoms with E-state index in [0.717, 1.165) is 5.92 Å². The standard InChI is InChI=1S/C13H18BrNS/c14-11-5-12(16-7-11)6-13(8-15-9-13)10-3-1-2-4-10/h5,7,10,15H,1-4,6,8-9H2. The van der Waals surface area contributed by atoms with E-state index in [9.17, 15) is 0 Å². The lowest BCUT2D eigenvalue weighted by Gasteiger charge is -2.47. The topological polar surface area (TPSA) is 12.0 Å². The fourth-order valence-electron chi connectivity index (χ4n) is 3.34. The van der Waals surface area contributed by atoms with E-state index in [-0.39, 0.29) is 0 Å². The second kappa shape index (κ2) is 4.43. The molecule has 0 bridgehead atoms. The summed E-state index contributed by atoms with van der Waals surface area (Å²) in [5, 5.41) is 5.71. The van der Waals surface area contributed by atoms with Gasteiger partial charge in [0.25, 0.3) is 0 Å². The lowest BCUT2D eigenvalue weighted by atomic mass is 9.67. The first-order valence-electron chi connectivity index (χ1n) is 6.22. The van der Waals surface area contributed by atoms with Crippen LogP contribution in [0.5, 0.6) is 0 Å². The normalized spacial score (nSPS) is 24.6. The number of halogens is 1. The summed E-state index contributed by atoms with van der Waals surface area (Å²) in [5.74, 6) is 0.981. The molecule has 0 spiro atoms. The molecule has 2 heterocycles.